The van der Waals surface area contributed by atoms with Gasteiger partial charge in [0.1, 0.15) is 4.83 Å². The third-order valence-corrected chi connectivity index (χ3v) is 5.31. The van der Waals surface area contributed by atoms with Crippen molar-refractivity contribution in [2.45, 2.75) is 20.4 Å². The van der Waals surface area contributed by atoms with Gasteiger partial charge in [0.05, 0.1) is 17.1 Å². The summed E-state index contributed by atoms with van der Waals surface area (Å²) in [4.78, 5) is 14.1. The van der Waals surface area contributed by atoms with Crippen molar-refractivity contribution in [1.29, 1.82) is 0 Å². The SMILES string of the molecule is CCNCCNC(=O)c1cc2c(C)nn(Cc3ccc(Cl)cc3)c2s1.Cl. The molecule has 0 unspecified atom stereocenters. The predicted molar refractivity (Wildman–Crippen MR) is 111 cm³/mol. The van der Waals surface area contributed by atoms with Gasteiger partial charge in [-0.3, -0.25) is 9.48 Å². The van der Waals surface area contributed by atoms with E-state index in [0.29, 0.717) is 13.1 Å². The molecule has 3 rings (SSSR count). The Labute approximate surface area is 168 Å². The number of thiophene rings is 1. The standard InChI is InChI=1S/C18H21ClN4OS.ClH/c1-3-20-8-9-21-17(24)16-10-15-12(2)22-23(18(15)25-16)11-13-4-6-14(19)7-5-13;/h4-7,10,20H,3,8-9,11H2,1-2H3,(H,21,24);1H. The van der Waals surface area contributed by atoms with Crippen molar-refractivity contribution in [2.75, 3.05) is 19.6 Å². The zero-order chi connectivity index (χ0) is 17.8. The quantitative estimate of drug-likeness (QED) is 0.579. The number of benzene rings is 1. The zero-order valence-corrected chi connectivity index (χ0v) is 17.1. The van der Waals surface area contributed by atoms with Crippen LogP contribution in [0.25, 0.3) is 10.2 Å². The first-order chi connectivity index (χ1) is 12.1. The molecule has 0 aliphatic rings. The summed E-state index contributed by atoms with van der Waals surface area (Å²) >= 11 is 7.43. The van der Waals surface area contributed by atoms with E-state index in [-0.39, 0.29) is 18.3 Å². The lowest BCUT2D eigenvalue weighted by Crippen LogP contribution is -2.31. The number of rotatable bonds is 7. The first kappa shape index (κ1) is 20.7. The Morgan fingerprint density at radius 3 is 2.69 bits per heavy atom. The minimum absolute atomic E-state index is 0. The van der Waals surface area contributed by atoms with Crippen LogP contribution in [-0.2, 0) is 6.54 Å². The number of carbonyl (C=O) groups is 1. The van der Waals surface area contributed by atoms with Crippen LogP contribution in [0.15, 0.2) is 30.3 Å². The number of halogens is 2. The molecule has 0 atom stereocenters. The van der Waals surface area contributed by atoms with Crippen LogP contribution >= 0.6 is 35.3 Å². The van der Waals surface area contributed by atoms with Crippen molar-refractivity contribution < 1.29 is 4.79 Å². The topological polar surface area (TPSA) is 58.9 Å². The molecule has 0 saturated heterocycles. The van der Waals surface area contributed by atoms with Gasteiger partial charge in [0.25, 0.3) is 5.91 Å². The average Bonchev–Trinajstić information content (AvgIpc) is 3.15. The van der Waals surface area contributed by atoms with Crippen molar-refractivity contribution in [3.63, 3.8) is 0 Å². The highest BCUT2D eigenvalue weighted by atomic mass is 35.5. The summed E-state index contributed by atoms with van der Waals surface area (Å²) in [6.45, 7) is 6.97. The fourth-order valence-electron chi connectivity index (χ4n) is 2.62. The highest BCUT2D eigenvalue weighted by Gasteiger charge is 2.16. The number of aromatic nitrogens is 2. The van der Waals surface area contributed by atoms with E-state index < -0.39 is 0 Å². The summed E-state index contributed by atoms with van der Waals surface area (Å²) in [5.74, 6) is -0.0310. The smallest absolute Gasteiger partial charge is 0.261 e. The number of likely N-dealkylation sites (N-methyl/N-ethyl adjacent to an activating group) is 1. The Morgan fingerprint density at radius 1 is 1.27 bits per heavy atom. The van der Waals surface area contributed by atoms with Gasteiger partial charge in [-0.1, -0.05) is 30.7 Å². The molecule has 0 radical (unpaired) electrons. The van der Waals surface area contributed by atoms with Gasteiger partial charge < -0.3 is 10.6 Å². The summed E-state index contributed by atoms with van der Waals surface area (Å²) in [7, 11) is 0. The zero-order valence-electron chi connectivity index (χ0n) is 14.7. The number of nitrogens with one attached hydrogen (secondary N) is 2. The van der Waals surface area contributed by atoms with Crippen LogP contribution in [0.1, 0.15) is 27.9 Å². The summed E-state index contributed by atoms with van der Waals surface area (Å²) < 4.78 is 1.95. The molecule has 2 N–H and O–H groups in total. The van der Waals surface area contributed by atoms with E-state index in [4.69, 9.17) is 11.6 Å². The van der Waals surface area contributed by atoms with E-state index in [0.717, 1.165) is 44.5 Å². The number of hydrogen-bond donors (Lipinski definition) is 2. The molecule has 2 heterocycles. The molecule has 5 nitrogen and oxygen atoms in total. The van der Waals surface area contributed by atoms with Crippen LogP contribution in [0.4, 0.5) is 0 Å². The van der Waals surface area contributed by atoms with Gasteiger partial charge in [0.2, 0.25) is 0 Å². The molecule has 1 aromatic carbocycles. The molecule has 0 bridgehead atoms. The van der Waals surface area contributed by atoms with Gasteiger partial charge in [-0.2, -0.15) is 5.10 Å². The normalized spacial score (nSPS) is 10.7. The number of nitrogens with zero attached hydrogens (tertiary/aromatic N) is 2. The molecule has 0 aliphatic carbocycles. The Balaban J connectivity index is 0.00000243. The van der Waals surface area contributed by atoms with E-state index in [9.17, 15) is 4.79 Å². The van der Waals surface area contributed by atoms with E-state index in [1.54, 1.807) is 0 Å². The first-order valence-corrected chi connectivity index (χ1v) is 9.48. The summed E-state index contributed by atoms with van der Waals surface area (Å²) in [5.41, 5.74) is 2.06. The minimum atomic E-state index is -0.0310. The molecule has 1 amide bonds. The van der Waals surface area contributed by atoms with Crippen LogP contribution < -0.4 is 10.6 Å². The lowest BCUT2D eigenvalue weighted by Gasteiger charge is -2.04. The highest BCUT2D eigenvalue weighted by Crippen LogP contribution is 2.29. The van der Waals surface area contributed by atoms with Crippen LogP contribution in [0, 0.1) is 6.92 Å². The van der Waals surface area contributed by atoms with Gasteiger partial charge in [-0.15, -0.1) is 23.7 Å². The second-order valence-corrected chi connectivity index (χ2v) is 7.28. The van der Waals surface area contributed by atoms with E-state index in [1.165, 1.54) is 11.3 Å². The number of aryl methyl sites for hydroxylation is 1. The molecular weight excluding hydrogens is 391 g/mol. The van der Waals surface area contributed by atoms with Crippen LogP contribution in [-0.4, -0.2) is 35.3 Å². The van der Waals surface area contributed by atoms with E-state index in [2.05, 4.69) is 15.7 Å². The fourth-order valence-corrected chi connectivity index (χ4v) is 3.83. The summed E-state index contributed by atoms with van der Waals surface area (Å²) in [5, 5.41) is 12.5. The summed E-state index contributed by atoms with van der Waals surface area (Å²) in [6, 6.07) is 9.67. The van der Waals surface area contributed by atoms with Gasteiger partial charge in [-0.05, 0) is 37.2 Å². The lowest BCUT2D eigenvalue weighted by molar-refractivity contribution is 0.0958. The van der Waals surface area contributed by atoms with E-state index >= 15 is 0 Å². The second-order valence-electron chi connectivity index (χ2n) is 5.81. The van der Waals surface area contributed by atoms with Crippen LogP contribution in [0.3, 0.4) is 0 Å². The third kappa shape index (κ3) is 4.76. The van der Waals surface area contributed by atoms with Crippen molar-refractivity contribution in [3.8, 4) is 0 Å². The van der Waals surface area contributed by atoms with Crippen molar-refractivity contribution >= 4 is 51.5 Å². The molecule has 3 aromatic rings. The Kier molecular flexibility index (Phi) is 7.46. The maximum Gasteiger partial charge on any atom is 0.261 e. The molecule has 0 aliphatic heterocycles. The molecule has 0 fully saturated rings. The van der Waals surface area contributed by atoms with Gasteiger partial charge >= 0.3 is 0 Å². The predicted octanol–water partition coefficient (Wildman–Crippen LogP) is 3.87. The maximum absolute atomic E-state index is 12.3. The monoisotopic (exact) mass is 412 g/mol. The molecular formula is C18H22Cl2N4OS. The largest absolute Gasteiger partial charge is 0.350 e. The average molecular weight is 413 g/mol. The van der Waals surface area contributed by atoms with Crippen LogP contribution in [0.5, 0.6) is 0 Å². The Morgan fingerprint density at radius 2 is 2.00 bits per heavy atom. The molecule has 140 valence electrons. The lowest BCUT2D eigenvalue weighted by atomic mass is 10.2. The molecule has 0 spiro atoms. The third-order valence-electron chi connectivity index (χ3n) is 3.91. The minimum Gasteiger partial charge on any atom is -0.350 e. The number of amides is 1. The molecule has 2 aromatic heterocycles. The van der Waals surface area contributed by atoms with Crippen LogP contribution in [0.2, 0.25) is 5.02 Å². The number of hydrogen-bond acceptors (Lipinski definition) is 4. The number of carbonyl (C=O) groups excluding carboxylic acids is 1. The summed E-state index contributed by atoms with van der Waals surface area (Å²) in [6.07, 6.45) is 0. The Hall–Kier alpha value is -1.60. The molecule has 26 heavy (non-hydrogen) atoms. The molecule has 0 saturated carbocycles. The van der Waals surface area contributed by atoms with Gasteiger partial charge in [-0.25, -0.2) is 0 Å². The van der Waals surface area contributed by atoms with Crippen molar-refractivity contribution in [2.24, 2.45) is 0 Å². The second kappa shape index (κ2) is 9.37. The maximum atomic E-state index is 12.3. The van der Waals surface area contributed by atoms with Crippen molar-refractivity contribution in [3.05, 3.63) is 51.5 Å². The van der Waals surface area contributed by atoms with Gasteiger partial charge in [0.15, 0.2) is 0 Å². The fraction of sp³-hybridized carbons (Fsp3) is 0.333. The van der Waals surface area contributed by atoms with Gasteiger partial charge in [0, 0.05) is 23.5 Å². The highest BCUT2D eigenvalue weighted by molar-refractivity contribution is 7.20. The Bertz CT molecular complexity index is 873. The first-order valence-electron chi connectivity index (χ1n) is 8.28. The number of fused-ring (bicyclic) bond motifs is 1. The molecule has 8 heteroatoms. The van der Waals surface area contributed by atoms with Crippen molar-refractivity contribution in [1.82, 2.24) is 20.4 Å². The van der Waals surface area contributed by atoms with E-state index in [1.807, 2.05) is 48.9 Å².